The first kappa shape index (κ1) is 23.1. The van der Waals surface area contributed by atoms with Crippen LogP contribution in [0.15, 0.2) is 59.5 Å². The lowest BCUT2D eigenvalue weighted by Crippen LogP contribution is -2.41. The standard InChI is InChI=1S/C26H31N3O4S/c30-26(28-14-10-22(11-15-28)21-6-2-1-3-7-21)24-20-23(8-9-25(24)27-12-4-5-13-27)34(31,32)29-16-18-33-19-17-29/h1-3,6-10,20H,4-5,11-19H2. The largest absolute Gasteiger partial charge is 0.379 e. The Morgan fingerprint density at radius 1 is 0.882 bits per heavy atom. The number of ether oxygens (including phenoxy) is 1. The predicted octanol–water partition coefficient (Wildman–Crippen LogP) is 3.24. The molecule has 2 saturated heterocycles. The molecule has 0 spiro atoms. The van der Waals surface area contributed by atoms with E-state index in [1.54, 1.807) is 12.1 Å². The predicted molar refractivity (Wildman–Crippen MR) is 132 cm³/mol. The van der Waals surface area contributed by atoms with Crippen molar-refractivity contribution in [2.75, 3.05) is 57.4 Å². The number of carbonyl (C=O) groups excluding carboxylic acids is 1. The van der Waals surface area contributed by atoms with E-state index in [4.69, 9.17) is 4.74 Å². The van der Waals surface area contributed by atoms with Crippen molar-refractivity contribution in [1.29, 1.82) is 0 Å². The Bertz CT molecular complexity index is 1170. The highest BCUT2D eigenvalue weighted by Gasteiger charge is 2.30. The van der Waals surface area contributed by atoms with E-state index in [1.807, 2.05) is 29.2 Å². The summed E-state index contributed by atoms with van der Waals surface area (Å²) < 4.78 is 33.4. The topological polar surface area (TPSA) is 70.2 Å². The van der Waals surface area contributed by atoms with Gasteiger partial charge in [0.1, 0.15) is 0 Å². The van der Waals surface area contributed by atoms with E-state index in [-0.39, 0.29) is 10.8 Å². The smallest absolute Gasteiger partial charge is 0.256 e. The lowest BCUT2D eigenvalue weighted by molar-refractivity contribution is 0.0730. The van der Waals surface area contributed by atoms with Crippen molar-refractivity contribution in [2.45, 2.75) is 24.2 Å². The van der Waals surface area contributed by atoms with Gasteiger partial charge in [0, 0.05) is 45.0 Å². The third kappa shape index (κ3) is 4.62. The minimum absolute atomic E-state index is 0.107. The molecule has 5 rings (SSSR count). The summed E-state index contributed by atoms with van der Waals surface area (Å²) in [6.45, 7) is 4.34. The third-order valence-electron chi connectivity index (χ3n) is 6.89. The van der Waals surface area contributed by atoms with Gasteiger partial charge in [0.2, 0.25) is 10.0 Å². The number of amides is 1. The number of nitrogens with zero attached hydrogens (tertiary/aromatic N) is 3. The maximum absolute atomic E-state index is 13.7. The van der Waals surface area contributed by atoms with E-state index in [0.717, 1.165) is 38.0 Å². The van der Waals surface area contributed by atoms with Crippen LogP contribution in [0.25, 0.3) is 5.57 Å². The highest BCUT2D eigenvalue weighted by Crippen LogP contribution is 2.31. The van der Waals surface area contributed by atoms with E-state index < -0.39 is 10.0 Å². The summed E-state index contributed by atoms with van der Waals surface area (Å²) in [4.78, 5) is 17.9. The molecule has 2 fully saturated rings. The van der Waals surface area contributed by atoms with E-state index >= 15 is 0 Å². The highest BCUT2D eigenvalue weighted by molar-refractivity contribution is 7.89. The number of hydrogen-bond acceptors (Lipinski definition) is 5. The fraction of sp³-hybridized carbons (Fsp3) is 0.423. The molecule has 0 N–H and O–H groups in total. The molecule has 3 aliphatic heterocycles. The Hall–Kier alpha value is -2.68. The summed E-state index contributed by atoms with van der Waals surface area (Å²) in [5.41, 5.74) is 3.74. The minimum Gasteiger partial charge on any atom is -0.379 e. The van der Waals surface area contributed by atoms with Gasteiger partial charge >= 0.3 is 0 Å². The third-order valence-corrected chi connectivity index (χ3v) is 8.79. The van der Waals surface area contributed by atoms with E-state index in [0.29, 0.717) is 45.0 Å². The molecule has 34 heavy (non-hydrogen) atoms. The summed E-state index contributed by atoms with van der Waals surface area (Å²) in [5, 5.41) is 0. The Morgan fingerprint density at radius 2 is 1.62 bits per heavy atom. The SMILES string of the molecule is O=C(c1cc(S(=O)(=O)N2CCOCC2)ccc1N1CCCC1)N1CC=C(c2ccccc2)CC1. The molecule has 2 aromatic rings. The molecule has 0 unspecified atom stereocenters. The van der Waals surface area contributed by atoms with Gasteiger partial charge in [0.05, 0.1) is 23.7 Å². The molecule has 0 bridgehead atoms. The Morgan fingerprint density at radius 3 is 2.29 bits per heavy atom. The zero-order valence-corrected chi connectivity index (χ0v) is 20.2. The molecule has 2 aromatic carbocycles. The van der Waals surface area contributed by atoms with Crippen molar-refractivity contribution in [3.8, 4) is 0 Å². The molecule has 180 valence electrons. The van der Waals surface area contributed by atoms with Gasteiger partial charge in [0.15, 0.2) is 0 Å². The van der Waals surface area contributed by atoms with Gasteiger partial charge < -0.3 is 14.5 Å². The molecule has 8 heteroatoms. The average molecular weight is 482 g/mol. The van der Waals surface area contributed by atoms with Gasteiger partial charge in [-0.2, -0.15) is 4.31 Å². The van der Waals surface area contributed by atoms with Crippen LogP contribution in [-0.2, 0) is 14.8 Å². The van der Waals surface area contributed by atoms with Crippen LogP contribution in [0, 0.1) is 0 Å². The highest BCUT2D eigenvalue weighted by atomic mass is 32.2. The van der Waals surface area contributed by atoms with Crippen molar-refractivity contribution < 1.29 is 17.9 Å². The molecule has 1 amide bonds. The lowest BCUT2D eigenvalue weighted by Gasteiger charge is -2.30. The summed E-state index contributed by atoms with van der Waals surface area (Å²) in [6.07, 6.45) is 5.05. The fourth-order valence-corrected chi connectivity index (χ4v) is 6.39. The van der Waals surface area contributed by atoms with E-state index in [9.17, 15) is 13.2 Å². The van der Waals surface area contributed by atoms with Crippen LogP contribution >= 0.6 is 0 Å². The lowest BCUT2D eigenvalue weighted by atomic mass is 9.99. The van der Waals surface area contributed by atoms with Gasteiger partial charge in [-0.05, 0) is 48.6 Å². The molecule has 3 aliphatic rings. The zero-order chi connectivity index (χ0) is 23.5. The normalized spacial score (nSPS) is 19.8. The number of anilines is 1. The first-order chi connectivity index (χ1) is 16.5. The maximum atomic E-state index is 13.7. The molecule has 0 saturated carbocycles. The maximum Gasteiger partial charge on any atom is 0.256 e. The molecule has 3 heterocycles. The minimum atomic E-state index is -3.68. The first-order valence-electron chi connectivity index (χ1n) is 12.0. The van der Waals surface area contributed by atoms with Crippen LogP contribution in [0.3, 0.4) is 0 Å². The summed E-state index contributed by atoms with van der Waals surface area (Å²) >= 11 is 0. The number of morpholine rings is 1. The Labute approximate surface area is 201 Å². The zero-order valence-electron chi connectivity index (χ0n) is 19.4. The van der Waals surface area contributed by atoms with Crippen molar-refractivity contribution >= 4 is 27.2 Å². The number of carbonyl (C=O) groups is 1. The quantitative estimate of drug-likeness (QED) is 0.656. The van der Waals surface area contributed by atoms with Crippen molar-refractivity contribution in [2.24, 2.45) is 0 Å². The van der Waals surface area contributed by atoms with Crippen LogP contribution < -0.4 is 4.90 Å². The second-order valence-electron chi connectivity index (χ2n) is 8.99. The number of rotatable bonds is 5. The van der Waals surface area contributed by atoms with Gasteiger partial charge in [-0.1, -0.05) is 36.4 Å². The van der Waals surface area contributed by atoms with Crippen molar-refractivity contribution in [3.63, 3.8) is 0 Å². The molecular weight excluding hydrogens is 450 g/mol. The summed E-state index contributed by atoms with van der Waals surface area (Å²) in [6, 6.07) is 15.3. The van der Waals surface area contributed by atoms with Crippen LogP contribution in [0.1, 0.15) is 35.2 Å². The molecule has 0 radical (unpaired) electrons. The summed E-state index contributed by atoms with van der Waals surface area (Å²) in [5.74, 6) is -0.107. The molecular formula is C26H31N3O4S. The molecule has 0 atom stereocenters. The Kier molecular flexibility index (Phi) is 6.72. The number of sulfonamides is 1. The number of hydrogen-bond donors (Lipinski definition) is 0. The van der Waals surface area contributed by atoms with Crippen LogP contribution in [-0.4, -0.2) is 76.0 Å². The fourth-order valence-electron chi connectivity index (χ4n) is 4.96. The van der Waals surface area contributed by atoms with E-state index in [2.05, 4.69) is 23.1 Å². The Balaban J connectivity index is 1.44. The molecule has 0 aromatic heterocycles. The monoisotopic (exact) mass is 481 g/mol. The summed E-state index contributed by atoms with van der Waals surface area (Å²) in [7, 11) is -3.68. The molecule has 7 nitrogen and oxygen atoms in total. The van der Waals surface area contributed by atoms with Gasteiger partial charge in [0.25, 0.3) is 5.91 Å². The first-order valence-corrected chi connectivity index (χ1v) is 13.5. The van der Waals surface area contributed by atoms with Crippen molar-refractivity contribution in [3.05, 3.63) is 65.7 Å². The van der Waals surface area contributed by atoms with Crippen LogP contribution in [0.2, 0.25) is 0 Å². The van der Waals surface area contributed by atoms with Gasteiger partial charge in [-0.3, -0.25) is 4.79 Å². The average Bonchev–Trinajstić information content (AvgIpc) is 3.44. The second kappa shape index (κ2) is 9.90. The van der Waals surface area contributed by atoms with Gasteiger partial charge in [-0.15, -0.1) is 0 Å². The van der Waals surface area contributed by atoms with Crippen molar-refractivity contribution in [1.82, 2.24) is 9.21 Å². The number of benzene rings is 2. The van der Waals surface area contributed by atoms with Crippen LogP contribution in [0.4, 0.5) is 5.69 Å². The van der Waals surface area contributed by atoms with Crippen LogP contribution in [0.5, 0.6) is 0 Å². The van der Waals surface area contributed by atoms with Gasteiger partial charge in [-0.25, -0.2) is 8.42 Å². The van der Waals surface area contributed by atoms with E-state index in [1.165, 1.54) is 15.4 Å². The molecule has 0 aliphatic carbocycles. The second-order valence-corrected chi connectivity index (χ2v) is 10.9.